The summed E-state index contributed by atoms with van der Waals surface area (Å²) in [5.74, 6) is 0.785. The summed E-state index contributed by atoms with van der Waals surface area (Å²) in [6.07, 6.45) is 0. The van der Waals surface area contributed by atoms with Crippen molar-refractivity contribution in [1.82, 2.24) is 0 Å². The van der Waals surface area contributed by atoms with E-state index in [1.165, 1.54) is 0 Å². The van der Waals surface area contributed by atoms with E-state index in [9.17, 15) is 0 Å². The molecule has 2 rings (SSSR count). The molecule has 7 nitrogen and oxygen atoms in total. The lowest BCUT2D eigenvalue weighted by Gasteiger charge is -2.25. The van der Waals surface area contributed by atoms with Crippen LogP contribution < -0.4 is 9.64 Å². The van der Waals surface area contributed by atoms with Crippen LogP contribution in [0.15, 0.2) is 24.3 Å². The Balaban J connectivity index is 2.03. The highest BCUT2D eigenvalue weighted by Crippen LogP contribution is 2.28. The topological polar surface area (TPSA) is 58.6 Å². The number of nitrogens with zero attached hydrogens (tertiary/aromatic N) is 1. The molecule has 7 heteroatoms. The summed E-state index contributed by atoms with van der Waals surface area (Å²) in [7, 11) is 0. The van der Waals surface area contributed by atoms with E-state index in [1.807, 2.05) is 36.1 Å². The lowest BCUT2D eigenvalue weighted by atomic mass is 10.2. The predicted octanol–water partition coefficient (Wildman–Crippen LogP) is 1.86. The van der Waals surface area contributed by atoms with Crippen LogP contribution in [-0.2, 0) is 24.0 Å². The zero-order valence-electron chi connectivity index (χ0n) is 14.3. The van der Waals surface area contributed by atoms with Crippen molar-refractivity contribution >= 4 is 5.69 Å². The molecule has 0 spiro atoms. The molecule has 1 aromatic rings. The summed E-state index contributed by atoms with van der Waals surface area (Å²) in [4.78, 5) is 12.3. The molecule has 1 aliphatic rings. The molecule has 0 unspecified atom stereocenters. The summed E-state index contributed by atoms with van der Waals surface area (Å²) >= 11 is 0. The number of ether oxygens (including phenoxy) is 4. The molecule has 0 N–H and O–H groups in total. The second-order valence-electron chi connectivity index (χ2n) is 5.07. The molecule has 0 bridgehead atoms. The zero-order chi connectivity index (χ0) is 16.9. The predicted molar refractivity (Wildman–Crippen MR) is 89.3 cm³/mol. The van der Waals surface area contributed by atoms with Crippen molar-refractivity contribution in [2.75, 3.05) is 71.0 Å². The Morgan fingerprint density at radius 2 is 1.54 bits per heavy atom. The minimum Gasteiger partial charge on any atom is -0.489 e. The summed E-state index contributed by atoms with van der Waals surface area (Å²) in [6.45, 7) is 7.12. The number of anilines is 1. The summed E-state index contributed by atoms with van der Waals surface area (Å²) in [6, 6.07) is 7.84. The van der Waals surface area contributed by atoms with E-state index in [-0.39, 0.29) is 0 Å². The SMILES string of the molecule is CCOOCN1CCOCCOCCOCCOc2ccccc21. The van der Waals surface area contributed by atoms with Gasteiger partial charge in [-0.15, -0.1) is 0 Å². The standard InChI is InChI=1S/C17H27NO6/c1-2-23-24-15-18-7-8-19-9-10-20-11-12-21-13-14-22-17-6-4-3-5-16(17)18/h3-6H,2,7-15H2,1H3. The van der Waals surface area contributed by atoms with Crippen LogP contribution in [-0.4, -0.2) is 66.1 Å². The molecular formula is C17H27NO6. The van der Waals surface area contributed by atoms with Crippen molar-refractivity contribution in [3.63, 3.8) is 0 Å². The average molecular weight is 341 g/mol. The summed E-state index contributed by atoms with van der Waals surface area (Å²) in [5.41, 5.74) is 0.937. The molecule has 0 amide bonds. The van der Waals surface area contributed by atoms with Crippen LogP contribution in [0.1, 0.15) is 6.92 Å². The number of hydrogen-bond donors (Lipinski definition) is 0. The highest BCUT2D eigenvalue weighted by molar-refractivity contribution is 5.58. The average Bonchev–Trinajstić information content (AvgIpc) is 2.62. The number of para-hydroxylation sites is 2. The normalized spacial score (nSPS) is 18.1. The van der Waals surface area contributed by atoms with Gasteiger partial charge in [-0.1, -0.05) is 12.1 Å². The van der Waals surface area contributed by atoms with Gasteiger partial charge in [0.2, 0.25) is 0 Å². The maximum Gasteiger partial charge on any atom is 0.154 e. The van der Waals surface area contributed by atoms with Crippen LogP contribution in [0.25, 0.3) is 0 Å². The highest BCUT2D eigenvalue weighted by Gasteiger charge is 2.13. The van der Waals surface area contributed by atoms with E-state index in [2.05, 4.69) is 0 Å². The van der Waals surface area contributed by atoms with Crippen LogP contribution in [0.3, 0.4) is 0 Å². The van der Waals surface area contributed by atoms with Crippen LogP contribution >= 0.6 is 0 Å². The number of fused-ring (bicyclic) bond motifs is 1. The lowest BCUT2D eigenvalue weighted by molar-refractivity contribution is -0.290. The molecule has 1 aliphatic heterocycles. The van der Waals surface area contributed by atoms with Crippen molar-refractivity contribution in [1.29, 1.82) is 0 Å². The van der Waals surface area contributed by atoms with E-state index in [1.54, 1.807) is 0 Å². The second kappa shape index (κ2) is 12.0. The molecule has 0 saturated carbocycles. The molecule has 1 heterocycles. The van der Waals surface area contributed by atoms with Crippen LogP contribution in [0.2, 0.25) is 0 Å². The third-order valence-electron chi connectivity index (χ3n) is 3.35. The number of benzene rings is 1. The van der Waals surface area contributed by atoms with E-state index in [0.29, 0.717) is 66.1 Å². The number of rotatable bonds is 4. The minimum atomic E-state index is 0.296. The molecule has 0 saturated heterocycles. The Hall–Kier alpha value is -1.38. The molecule has 0 fully saturated rings. The Kier molecular flexibility index (Phi) is 9.52. The first kappa shape index (κ1) is 19.0. The van der Waals surface area contributed by atoms with Gasteiger partial charge in [0.1, 0.15) is 12.4 Å². The zero-order valence-corrected chi connectivity index (χ0v) is 14.3. The van der Waals surface area contributed by atoms with Crippen LogP contribution in [0, 0.1) is 0 Å². The molecule has 0 aromatic heterocycles. The van der Waals surface area contributed by atoms with Crippen molar-refractivity contribution in [3.05, 3.63) is 24.3 Å². The van der Waals surface area contributed by atoms with E-state index in [0.717, 1.165) is 11.4 Å². The first-order chi connectivity index (χ1) is 11.9. The van der Waals surface area contributed by atoms with E-state index in [4.69, 9.17) is 28.7 Å². The molecule has 136 valence electrons. The van der Waals surface area contributed by atoms with Gasteiger partial charge in [-0.3, -0.25) is 0 Å². The first-order valence-electron chi connectivity index (χ1n) is 8.36. The minimum absolute atomic E-state index is 0.296. The van der Waals surface area contributed by atoms with Gasteiger partial charge in [0.05, 0.1) is 51.9 Å². The maximum absolute atomic E-state index is 5.86. The first-order valence-corrected chi connectivity index (χ1v) is 8.36. The van der Waals surface area contributed by atoms with Crippen LogP contribution in [0.4, 0.5) is 5.69 Å². The lowest BCUT2D eigenvalue weighted by Crippen LogP contribution is -2.31. The van der Waals surface area contributed by atoms with Crippen LogP contribution in [0.5, 0.6) is 5.75 Å². The van der Waals surface area contributed by atoms with Gasteiger partial charge in [-0.05, 0) is 19.1 Å². The van der Waals surface area contributed by atoms with Crippen molar-refractivity contribution < 1.29 is 28.7 Å². The Morgan fingerprint density at radius 1 is 0.875 bits per heavy atom. The van der Waals surface area contributed by atoms with Gasteiger partial charge in [-0.2, -0.15) is 0 Å². The quantitative estimate of drug-likeness (QED) is 0.471. The summed E-state index contributed by atoms with van der Waals surface area (Å²) in [5, 5.41) is 0. The third-order valence-corrected chi connectivity index (χ3v) is 3.35. The molecule has 0 radical (unpaired) electrons. The highest BCUT2D eigenvalue weighted by atomic mass is 17.2. The van der Waals surface area contributed by atoms with Gasteiger partial charge < -0.3 is 23.8 Å². The second-order valence-corrected chi connectivity index (χ2v) is 5.07. The van der Waals surface area contributed by atoms with Gasteiger partial charge in [0.25, 0.3) is 0 Å². The van der Waals surface area contributed by atoms with Gasteiger partial charge in [-0.25, -0.2) is 9.78 Å². The smallest absolute Gasteiger partial charge is 0.154 e. The molecule has 24 heavy (non-hydrogen) atoms. The Bertz CT molecular complexity index is 445. The number of hydrogen-bond acceptors (Lipinski definition) is 7. The van der Waals surface area contributed by atoms with Gasteiger partial charge in [0, 0.05) is 6.54 Å². The molecular weight excluding hydrogens is 314 g/mol. The van der Waals surface area contributed by atoms with Crippen molar-refractivity contribution in [2.24, 2.45) is 0 Å². The fourth-order valence-corrected chi connectivity index (χ4v) is 2.21. The van der Waals surface area contributed by atoms with Crippen molar-refractivity contribution in [2.45, 2.75) is 6.92 Å². The van der Waals surface area contributed by atoms with E-state index < -0.39 is 0 Å². The molecule has 1 aromatic carbocycles. The van der Waals surface area contributed by atoms with Crippen molar-refractivity contribution in [3.8, 4) is 5.75 Å². The fraction of sp³-hybridized carbons (Fsp3) is 0.647. The molecule has 0 atom stereocenters. The van der Waals surface area contributed by atoms with E-state index >= 15 is 0 Å². The van der Waals surface area contributed by atoms with Gasteiger partial charge in [0.15, 0.2) is 6.73 Å². The van der Waals surface area contributed by atoms with Gasteiger partial charge >= 0.3 is 0 Å². The Labute approximate surface area is 143 Å². The Morgan fingerprint density at radius 3 is 2.29 bits per heavy atom. The monoisotopic (exact) mass is 341 g/mol. The molecule has 0 aliphatic carbocycles. The maximum atomic E-state index is 5.86. The largest absolute Gasteiger partial charge is 0.489 e. The summed E-state index contributed by atoms with van der Waals surface area (Å²) < 4.78 is 22.4. The third kappa shape index (κ3) is 7.02. The fourth-order valence-electron chi connectivity index (χ4n) is 2.21.